The lowest BCUT2D eigenvalue weighted by molar-refractivity contribution is 0.552. The SMILES string of the molecule is CSc1ccc(CNCC(C)C)cc1Br. The fourth-order valence-electron chi connectivity index (χ4n) is 1.33. The van der Waals surface area contributed by atoms with E-state index in [1.165, 1.54) is 14.9 Å². The molecule has 0 saturated carbocycles. The maximum absolute atomic E-state index is 3.58. The third kappa shape index (κ3) is 4.58. The van der Waals surface area contributed by atoms with Crippen molar-refractivity contribution in [1.29, 1.82) is 0 Å². The van der Waals surface area contributed by atoms with E-state index in [1.807, 2.05) is 0 Å². The second-order valence-electron chi connectivity index (χ2n) is 3.99. The van der Waals surface area contributed by atoms with Crippen molar-refractivity contribution in [2.45, 2.75) is 25.3 Å². The zero-order valence-electron chi connectivity index (χ0n) is 9.51. The molecule has 0 saturated heterocycles. The van der Waals surface area contributed by atoms with Crippen LogP contribution in [0.15, 0.2) is 27.6 Å². The van der Waals surface area contributed by atoms with E-state index in [0.29, 0.717) is 5.92 Å². The average Bonchev–Trinajstić information content (AvgIpc) is 2.17. The van der Waals surface area contributed by atoms with Crippen LogP contribution in [0.25, 0.3) is 0 Å². The molecule has 1 rings (SSSR count). The Morgan fingerprint density at radius 2 is 2.13 bits per heavy atom. The van der Waals surface area contributed by atoms with Crippen molar-refractivity contribution in [2.24, 2.45) is 5.92 Å². The summed E-state index contributed by atoms with van der Waals surface area (Å²) in [6.45, 7) is 6.47. The molecule has 0 aliphatic rings. The average molecular weight is 288 g/mol. The Morgan fingerprint density at radius 1 is 1.40 bits per heavy atom. The zero-order chi connectivity index (χ0) is 11.3. The van der Waals surface area contributed by atoms with E-state index in [1.54, 1.807) is 11.8 Å². The van der Waals surface area contributed by atoms with Crippen molar-refractivity contribution >= 4 is 27.7 Å². The van der Waals surface area contributed by atoms with Crippen LogP contribution < -0.4 is 5.32 Å². The van der Waals surface area contributed by atoms with Crippen LogP contribution in [0.2, 0.25) is 0 Å². The van der Waals surface area contributed by atoms with Crippen LogP contribution in [0, 0.1) is 5.92 Å². The normalized spacial score (nSPS) is 11.0. The van der Waals surface area contributed by atoms with Gasteiger partial charge in [0.05, 0.1) is 0 Å². The van der Waals surface area contributed by atoms with E-state index in [9.17, 15) is 0 Å². The van der Waals surface area contributed by atoms with Gasteiger partial charge in [0.15, 0.2) is 0 Å². The van der Waals surface area contributed by atoms with Gasteiger partial charge >= 0.3 is 0 Å². The lowest BCUT2D eigenvalue weighted by Crippen LogP contribution is -2.18. The minimum Gasteiger partial charge on any atom is -0.312 e. The topological polar surface area (TPSA) is 12.0 Å². The molecule has 1 aromatic carbocycles. The van der Waals surface area contributed by atoms with E-state index < -0.39 is 0 Å². The van der Waals surface area contributed by atoms with Crippen molar-refractivity contribution in [2.75, 3.05) is 12.8 Å². The quantitative estimate of drug-likeness (QED) is 0.824. The maximum atomic E-state index is 3.58. The van der Waals surface area contributed by atoms with E-state index in [4.69, 9.17) is 0 Å². The van der Waals surface area contributed by atoms with Crippen LogP contribution in [-0.4, -0.2) is 12.8 Å². The van der Waals surface area contributed by atoms with E-state index in [-0.39, 0.29) is 0 Å². The van der Waals surface area contributed by atoms with Gasteiger partial charge in [-0.25, -0.2) is 0 Å². The molecule has 1 aromatic rings. The zero-order valence-corrected chi connectivity index (χ0v) is 11.9. The molecule has 0 spiro atoms. The van der Waals surface area contributed by atoms with Gasteiger partial charge in [0.1, 0.15) is 0 Å². The highest BCUT2D eigenvalue weighted by atomic mass is 79.9. The summed E-state index contributed by atoms with van der Waals surface area (Å²) in [5, 5.41) is 3.44. The molecule has 15 heavy (non-hydrogen) atoms. The van der Waals surface area contributed by atoms with Crippen LogP contribution in [0.1, 0.15) is 19.4 Å². The molecule has 3 heteroatoms. The number of rotatable bonds is 5. The first kappa shape index (κ1) is 13.1. The number of hydrogen-bond acceptors (Lipinski definition) is 2. The van der Waals surface area contributed by atoms with Crippen molar-refractivity contribution in [3.8, 4) is 0 Å². The van der Waals surface area contributed by atoms with Gasteiger partial charge in [0.25, 0.3) is 0 Å². The molecular weight excluding hydrogens is 270 g/mol. The number of benzene rings is 1. The summed E-state index contributed by atoms with van der Waals surface area (Å²) in [6, 6.07) is 6.55. The molecule has 0 aliphatic heterocycles. The van der Waals surface area contributed by atoms with Gasteiger partial charge in [-0.15, -0.1) is 11.8 Å². The largest absolute Gasteiger partial charge is 0.312 e. The Kier molecular flexibility index (Phi) is 5.72. The molecule has 0 aromatic heterocycles. The molecule has 1 N–H and O–H groups in total. The Hall–Kier alpha value is 0.01000. The second-order valence-corrected chi connectivity index (χ2v) is 5.70. The van der Waals surface area contributed by atoms with E-state index >= 15 is 0 Å². The standard InChI is InChI=1S/C12H18BrNS/c1-9(2)7-14-8-10-4-5-12(15-3)11(13)6-10/h4-6,9,14H,7-8H2,1-3H3. The number of halogens is 1. The Labute approximate surface area is 105 Å². The number of thioether (sulfide) groups is 1. The van der Waals surface area contributed by atoms with E-state index in [0.717, 1.165) is 13.1 Å². The summed E-state index contributed by atoms with van der Waals surface area (Å²) in [4.78, 5) is 1.29. The minimum absolute atomic E-state index is 0.707. The Bertz CT molecular complexity index is 312. The predicted molar refractivity (Wildman–Crippen MR) is 72.5 cm³/mol. The third-order valence-corrected chi connectivity index (χ3v) is 3.81. The monoisotopic (exact) mass is 287 g/mol. The maximum Gasteiger partial charge on any atom is 0.0314 e. The van der Waals surface area contributed by atoms with Gasteiger partial charge in [-0.1, -0.05) is 19.9 Å². The van der Waals surface area contributed by atoms with Gasteiger partial charge < -0.3 is 5.32 Å². The first-order chi connectivity index (χ1) is 7.13. The van der Waals surface area contributed by atoms with Gasteiger partial charge in [0.2, 0.25) is 0 Å². The first-order valence-electron chi connectivity index (χ1n) is 5.16. The van der Waals surface area contributed by atoms with Crippen molar-refractivity contribution in [3.63, 3.8) is 0 Å². The van der Waals surface area contributed by atoms with Crippen molar-refractivity contribution in [1.82, 2.24) is 5.32 Å². The smallest absolute Gasteiger partial charge is 0.0314 e. The third-order valence-electron chi connectivity index (χ3n) is 2.10. The summed E-state index contributed by atoms with van der Waals surface area (Å²) in [5.41, 5.74) is 1.33. The van der Waals surface area contributed by atoms with Crippen LogP contribution in [0.3, 0.4) is 0 Å². The highest BCUT2D eigenvalue weighted by Crippen LogP contribution is 2.26. The molecule has 0 heterocycles. The molecule has 0 bridgehead atoms. The predicted octanol–water partition coefficient (Wildman–Crippen LogP) is 3.92. The van der Waals surface area contributed by atoms with Crippen LogP contribution in [0.4, 0.5) is 0 Å². The molecule has 0 unspecified atom stereocenters. The number of hydrogen-bond donors (Lipinski definition) is 1. The molecule has 0 atom stereocenters. The number of nitrogens with one attached hydrogen (secondary N) is 1. The Morgan fingerprint density at radius 3 is 2.67 bits per heavy atom. The van der Waals surface area contributed by atoms with Gasteiger partial charge in [0, 0.05) is 15.9 Å². The molecule has 0 fully saturated rings. The molecular formula is C12H18BrNS. The minimum atomic E-state index is 0.707. The summed E-state index contributed by atoms with van der Waals surface area (Å²) in [7, 11) is 0. The summed E-state index contributed by atoms with van der Waals surface area (Å²) >= 11 is 5.35. The lowest BCUT2D eigenvalue weighted by Gasteiger charge is -2.08. The highest BCUT2D eigenvalue weighted by molar-refractivity contribution is 9.10. The summed E-state index contributed by atoms with van der Waals surface area (Å²) < 4.78 is 1.19. The van der Waals surface area contributed by atoms with Crippen LogP contribution >= 0.6 is 27.7 Å². The van der Waals surface area contributed by atoms with Crippen LogP contribution in [0.5, 0.6) is 0 Å². The van der Waals surface area contributed by atoms with Gasteiger partial charge in [-0.2, -0.15) is 0 Å². The lowest BCUT2D eigenvalue weighted by atomic mass is 10.2. The van der Waals surface area contributed by atoms with Crippen LogP contribution in [-0.2, 0) is 6.54 Å². The Balaban J connectivity index is 2.52. The fourth-order valence-corrected chi connectivity index (χ4v) is 2.69. The molecule has 1 nitrogen and oxygen atoms in total. The van der Waals surface area contributed by atoms with Crippen molar-refractivity contribution in [3.05, 3.63) is 28.2 Å². The molecule has 84 valence electrons. The van der Waals surface area contributed by atoms with Crippen molar-refractivity contribution < 1.29 is 0 Å². The second kappa shape index (κ2) is 6.56. The molecule has 0 amide bonds. The fraction of sp³-hybridized carbons (Fsp3) is 0.500. The van der Waals surface area contributed by atoms with Gasteiger partial charge in [-0.3, -0.25) is 0 Å². The van der Waals surface area contributed by atoms with Gasteiger partial charge in [-0.05, 0) is 52.3 Å². The summed E-state index contributed by atoms with van der Waals surface area (Å²) in [6.07, 6.45) is 2.09. The summed E-state index contributed by atoms with van der Waals surface area (Å²) in [5.74, 6) is 0.707. The highest BCUT2D eigenvalue weighted by Gasteiger charge is 2.00. The molecule has 0 radical (unpaired) electrons. The van der Waals surface area contributed by atoms with E-state index in [2.05, 4.69) is 59.5 Å². The molecule has 0 aliphatic carbocycles. The first-order valence-corrected chi connectivity index (χ1v) is 7.18.